The lowest BCUT2D eigenvalue weighted by atomic mass is 10.1. The molecule has 0 radical (unpaired) electrons. The van der Waals surface area contributed by atoms with Gasteiger partial charge in [0.25, 0.3) is 0 Å². The Balaban J connectivity index is 2.58. The number of carbonyl (C=O) groups is 2. The number of nitrogens with one attached hydrogen (secondary N) is 1. The first-order valence-electron chi connectivity index (χ1n) is 7.01. The number of hydrogen-bond donors (Lipinski definition) is 1. The highest BCUT2D eigenvalue weighted by Crippen LogP contribution is 2.13. The lowest BCUT2D eigenvalue weighted by Crippen LogP contribution is -2.37. The molecule has 0 aliphatic rings. The molecule has 2 amide bonds. The second-order valence-corrected chi connectivity index (χ2v) is 5.49. The minimum absolute atomic E-state index is 0.0643. The predicted octanol–water partition coefficient (Wildman–Crippen LogP) is 2.83. The Morgan fingerprint density at radius 3 is 2.45 bits per heavy atom. The zero-order chi connectivity index (χ0) is 15.1. The first-order valence-corrected chi connectivity index (χ1v) is 7.01. The number of hydrogen-bond acceptors (Lipinski definition) is 2. The topological polar surface area (TPSA) is 49.4 Å². The molecule has 0 saturated carbocycles. The summed E-state index contributed by atoms with van der Waals surface area (Å²) in [6.07, 6.45) is 0.900. The molecule has 1 N–H and O–H groups in total. The van der Waals surface area contributed by atoms with Gasteiger partial charge >= 0.3 is 0 Å². The van der Waals surface area contributed by atoms with Gasteiger partial charge in [0, 0.05) is 19.2 Å². The third-order valence-corrected chi connectivity index (χ3v) is 3.18. The lowest BCUT2D eigenvalue weighted by Gasteiger charge is -2.21. The van der Waals surface area contributed by atoms with Gasteiger partial charge < -0.3 is 10.2 Å². The third-order valence-electron chi connectivity index (χ3n) is 3.18. The maximum Gasteiger partial charge on any atom is 0.244 e. The fraction of sp³-hybridized carbons (Fsp3) is 0.500. The van der Waals surface area contributed by atoms with Crippen LogP contribution in [0.15, 0.2) is 24.3 Å². The Morgan fingerprint density at radius 1 is 1.25 bits per heavy atom. The molecule has 110 valence electrons. The SMILES string of the molecule is CC(=O)N(CCC(C)C)CC(=O)Nc1ccccc1C. The molecule has 20 heavy (non-hydrogen) atoms. The third kappa shape index (κ3) is 5.43. The van der Waals surface area contributed by atoms with Crippen LogP contribution in [0.3, 0.4) is 0 Å². The molecule has 0 fully saturated rings. The maximum atomic E-state index is 12.0. The van der Waals surface area contributed by atoms with E-state index in [9.17, 15) is 9.59 Å². The average Bonchev–Trinajstić information content (AvgIpc) is 2.36. The Bertz CT molecular complexity index is 469. The van der Waals surface area contributed by atoms with Crippen molar-refractivity contribution in [2.75, 3.05) is 18.4 Å². The minimum atomic E-state index is -0.154. The molecule has 0 atom stereocenters. The fourth-order valence-electron chi connectivity index (χ4n) is 1.84. The summed E-state index contributed by atoms with van der Waals surface area (Å²) in [5.74, 6) is 0.292. The predicted molar refractivity (Wildman–Crippen MR) is 81.5 cm³/mol. The molecule has 0 aliphatic heterocycles. The van der Waals surface area contributed by atoms with Crippen LogP contribution in [-0.2, 0) is 9.59 Å². The summed E-state index contributed by atoms with van der Waals surface area (Å²) in [5.41, 5.74) is 1.81. The van der Waals surface area contributed by atoms with E-state index in [2.05, 4.69) is 19.2 Å². The number of carbonyl (C=O) groups excluding carboxylic acids is 2. The van der Waals surface area contributed by atoms with E-state index in [-0.39, 0.29) is 18.4 Å². The van der Waals surface area contributed by atoms with Gasteiger partial charge in [-0.25, -0.2) is 0 Å². The molecule has 4 heteroatoms. The van der Waals surface area contributed by atoms with Gasteiger partial charge in [-0.1, -0.05) is 32.0 Å². The van der Waals surface area contributed by atoms with E-state index in [4.69, 9.17) is 0 Å². The van der Waals surface area contributed by atoms with Gasteiger partial charge in [-0.2, -0.15) is 0 Å². The fourth-order valence-corrected chi connectivity index (χ4v) is 1.84. The molecular formula is C16H24N2O2. The highest BCUT2D eigenvalue weighted by atomic mass is 16.2. The van der Waals surface area contributed by atoms with Crippen LogP contribution in [0.5, 0.6) is 0 Å². The Morgan fingerprint density at radius 2 is 1.90 bits per heavy atom. The molecule has 0 aromatic heterocycles. The summed E-state index contributed by atoms with van der Waals surface area (Å²) in [6.45, 7) is 8.38. The number of aryl methyl sites for hydroxylation is 1. The standard InChI is InChI=1S/C16H24N2O2/c1-12(2)9-10-18(14(4)19)11-16(20)17-15-8-6-5-7-13(15)3/h5-8,12H,9-11H2,1-4H3,(H,17,20). The van der Waals surface area contributed by atoms with Crippen molar-refractivity contribution < 1.29 is 9.59 Å². The van der Waals surface area contributed by atoms with E-state index >= 15 is 0 Å². The first-order chi connectivity index (χ1) is 9.40. The van der Waals surface area contributed by atoms with Crippen LogP contribution in [0, 0.1) is 12.8 Å². The minimum Gasteiger partial charge on any atom is -0.334 e. The number of anilines is 1. The van der Waals surface area contributed by atoms with E-state index < -0.39 is 0 Å². The zero-order valence-corrected chi connectivity index (χ0v) is 12.8. The lowest BCUT2D eigenvalue weighted by molar-refractivity contribution is -0.132. The van der Waals surface area contributed by atoms with Gasteiger partial charge in [-0.15, -0.1) is 0 Å². The number of benzene rings is 1. The van der Waals surface area contributed by atoms with E-state index in [1.54, 1.807) is 4.90 Å². The Hall–Kier alpha value is -1.84. The van der Waals surface area contributed by atoms with Crippen LogP contribution in [0.1, 0.15) is 32.8 Å². The zero-order valence-electron chi connectivity index (χ0n) is 12.8. The van der Waals surface area contributed by atoms with Crippen LogP contribution in [0.4, 0.5) is 5.69 Å². The molecule has 0 heterocycles. The van der Waals surface area contributed by atoms with Crippen LogP contribution in [0.25, 0.3) is 0 Å². The van der Waals surface area contributed by atoms with Crippen LogP contribution in [-0.4, -0.2) is 29.8 Å². The van der Waals surface area contributed by atoms with Crippen molar-refractivity contribution in [2.45, 2.75) is 34.1 Å². The summed E-state index contributed by atoms with van der Waals surface area (Å²) >= 11 is 0. The average molecular weight is 276 g/mol. The van der Waals surface area contributed by atoms with Gasteiger partial charge in [0.1, 0.15) is 0 Å². The maximum absolute atomic E-state index is 12.0. The molecule has 1 rings (SSSR count). The quantitative estimate of drug-likeness (QED) is 0.868. The highest BCUT2D eigenvalue weighted by molar-refractivity contribution is 5.94. The van der Waals surface area contributed by atoms with E-state index in [0.717, 1.165) is 17.7 Å². The molecule has 1 aromatic rings. The molecule has 0 aliphatic carbocycles. The molecule has 0 saturated heterocycles. The number of para-hydroxylation sites is 1. The largest absolute Gasteiger partial charge is 0.334 e. The van der Waals surface area contributed by atoms with Crippen LogP contribution >= 0.6 is 0 Å². The van der Waals surface area contributed by atoms with Crippen molar-refractivity contribution in [1.82, 2.24) is 4.90 Å². The van der Waals surface area contributed by atoms with E-state index in [0.29, 0.717) is 12.5 Å². The normalized spacial score (nSPS) is 10.4. The van der Waals surface area contributed by atoms with Gasteiger partial charge in [0.15, 0.2) is 0 Å². The van der Waals surface area contributed by atoms with Crippen molar-refractivity contribution in [3.63, 3.8) is 0 Å². The molecule has 1 aromatic carbocycles. The van der Waals surface area contributed by atoms with Gasteiger partial charge in [-0.3, -0.25) is 9.59 Å². The highest BCUT2D eigenvalue weighted by Gasteiger charge is 2.14. The second-order valence-electron chi connectivity index (χ2n) is 5.49. The van der Waals surface area contributed by atoms with Gasteiger partial charge in [0.2, 0.25) is 11.8 Å². The number of rotatable bonds is 6. The summed E-state index contributed by atoms with van der Waals surface area (Å²) in [6, 6.07) is 7.61. The summed E-state index contributed by atoms with van der Waals surface area (Å²) in [7, 11) is 0. The smallest absolute Gasteiger partial charge is 0.244 e. The Labute approximate surface area is 121 Å². The summed E-state index contributed by atoms with van der Waals surface area (Å²) in [4.78, 5) is 25.2. The first kappa shape index (κ1) is 16.2. The molecule has 4 nitrogen and oxygen atoms in total. The Kier molecular flexibility index (Phi) is 6.22. The summed E-state index contributed by atoms with van der Waals surface area (Å²) < 4.78 is 0. The molecule has 0 bridgehead atoms. The van der Waals surface area contributed by atoms with Crippen molar-refractivity contribution in [3.8, 4) is 0 Å². The number of amides is 2. The van der Waals surface area contributed by atoms with Crippen molar-refractivity contribution in [1.29, 1.82) is 0 Å². The molecule has 0 spiro atoms. The van der Waals surface area contributed by atoms with Crippen molar-refractivity contribution >= 4 is 17.5 Å². The second kappa shape index (κ2) is 7.68. The van der Waals surface area contributed by atoms with Crippen LogP contribution < -0.4 is 5.32 Å². The molecular weight excluding hydrogens is 252 g/mol. The van der Waals surface area contributed by atoms with E-state index in [1.165, 1.54) is 6.92 Å². The van der Waals surface area contributed by atoms with Crippen molar-refractivity contribution in [2.24, 2.45) is 5.92 Å². The van der Waals surface area contributed by atoms with E-state index in [1.807, 2.05) is 31.2 Å². The summed E-state index contributed by atoms with van der Waals surface area (Å²) in [5, 5.41) is 2.85. The number of nitrogens with zero attached hydrogens (tertiary/aromatic N) is 1. The molecule has 0 unspecified atom stereocenters. The van der Waals surface area contributed by atoms with Gasteiger partial charge in [-0.05, 0) is 30.9 Å². The monoisotopic (exact) mass is 276 g/mol. The van der Waals surface area contributed by atoms with Crippen molar-refractivity contribution in [3.05, 3.63) is 29.8 Å². The van der Waals surface area contributed by atoms with Gasteiger partial charge in [0.05, 0.1) is 6.54 Å². The van der Waals surface area contributed by atoms with Crippen LogP contribution in [0.2, 0.25) is 0 Å².